The molecule has 4 heteroatoms. The molecule has 1 atom stereocenters. The van der Waals surface area contributed by atoms with E-state index in [0.717, 1.165) is 28.2 Å². The molecule has 0 bridgehead atoms. The van der Waals surface area contributed by atoms with Gasteiger partial charge in [0, 0.05) is 11.1 Å². The normalized spacial score (nSPS) is 14.2. The SMILES string of the molecule is CCC(O)c1c(C(C)(C)C)[nH]c2nc3ccccc3n12. The van der Waals surface area contributed by atoms with E-state index in [9.17, 15) is 5.11 Å². The van der Waals surface area contributed by atoms with E-state index < -0.39 is 6.10 Å². The highest BCUT2D eigenvalue weighted by Gasteiger charge is 2.27. The maximum atomic E-state index is 10.5. The summed E-state index contributed by atoms with van der Waals surface area (Å²) in [6, 6.07) is 8.02. The highest BCUT2D eigenvalue weighted by atomic mass is 16.3. The first-order valence-corrected chi connectivity index (χ1v) is 7.11. The van der Waals surface area contributed by atoms with Gasteiger partial charge in [0.2, 0.25) is 5.78 Å². The first-order valence-electron chi connectivity index (χ1n) is 7.11. The standard InChI is InChI=1S/C16H21N3O/c1-5-12(20)13-14(16(2,3)4)18-15-17-10-8-6-7-9-11(10)19(13)15/h6-9,12,20H,5H2,1-4H3,(H,17,18). The van der Waals surface area contributed by atoms with E-state index in [1.807, 2.05) is 31.2 Å². The van der Waals surface area contributed by atoms with E-state index >= 15 is 0 Å². The van der Waals surface area contributed by atoms with Crippen molar-refractivity contribution in [2.45, 2.75) is 45.6 Å². The Morgan fingerprint density at radius 2 is 2.00 bits per heavy atom. The predicted octanol–water partition coefficient (Wildman–Crippen LogP) is 3.56. The molecule has 0 amide bonds. The number of H-pyrrole nitrogens is 1. The van der Waals surface area contributed by atoms with Gasteiger partial charge in [-0.2, -0.15) is 0 Å². The number of aromatic nitrogens is 3. The Kier molecular flexibility index (Phi) is 2.87. The minimum atomic E-state index is -0.490. The molecule has 0 saturated carbocycles. The van der Waals surface area contributed by atoms with Gasteiger partial charge in [-0.05, 0) is 18.6 Å². The van der Waals surface area contributed by atoms with Gasteiger partial charge in [-0.3, -0.25) is 4.40 Å². The van der Waals surface area contributed by atoms with Crippen LogP contribution in [-0.2, 0) is 5.41 Å². The summed E-state index contributed by atoms with van der Waals surface area (Å²) < 4.78 is 2.06. The zero-order valence-electron chi connectivity index (χ0n) is 12.4. The second-order valence-electron chi connectivity index (χ2n) is 6.32. The molecular weight excluding hydrogens is 250 g/mol. The predicted molar refractivity (Wildman–Crippen MR) is 81.0 cm³/mol. The Hall–Kier alpha value is -1.81. The Labute approximate surface area is 118 Å². The number of fused-ring (bicyclic) bond motifs is 3. The second kappa shape index (κ2) is 4.35. The summed E-state index contributed by atoms with van der Waals surface area (Å²) in [6.07, 6.45) is 0.193. The monoisotopic (exact) mass is 271 g/mol. The summed E-state index contributed by atoms with van der Waals surface area (Å²) in [5.41, 5.74) is 3.91. The largest absolute Gasteiger partial charge is 0.387 e. The lowest BCUT2D eigenvalue weighted by Crippen LogP contribution is -2.17. The lowest BCUT2D eigenvalue weighted by atomic mass is 9.89. The molecule has 1 aromatic carbocycles. The van der Waals surface area contributed by atoms with E-state index in [0.29, 0.717) is 6.42 Å². The summed E-state index contributed by atoms with van der Waals surface area (Å²) >= 11 is 0. The van der Waals surface area contributed by atoms with Gasteiger partial charge in [0.15, 0.2) is 0 Å². The van der Waals surface area contributed by atoms with E-state index in [2.05, 4.69) is 35.1 Å². The van der Waals surface area contributed by atoms with Crippen molar-refractivity contribution in [3.63, 3.8) is 0 Å². The number of aromatic amines is 1. The molecule has 20 heavy (non-hydrogen) atoms. The second-order valence-corrected chi connectivity index (χ2v) is 6.32. The number of para-hydroxylation sites is 2. The number of nitrogens with zero attached hydrogens (tertiary/aromatic N) is 2. The first kappa shape index (κ1) is 13.2. The minimum Gasteiger partial charge on any atom is -0.387 e. The topological polar surface area (TPSA) is 53.3 Å². The zero-order chi connectivity index (χ0) is 14.5. The molecule has 0 aliphatic heterocycles. The number of aliphatic hydroxyl groups excluding tert-OH is 1. The van der Waals surface area contributed by atoms with Crippen LogP contribution in [0.1, 0.15) is 51.6 Å². The van der Waals surface area contributed by atoms with Gasteiger partial charge in [-0.15, -0.1) is 0 Å². The molecule has 3 rings (SSSR count). The Morgan fingerprint density at radius 1 is 1.30 bits per heavy atom. The molecule has 0 spiro atoms. The molecule has 2 heterocycles. The first-order chi connectivity index (χ1) is 9.43. The van der Waals surface area contributed by atoms with E-state index in [1.165, 1.54) is 0 Å². The van der Waals surface area contributed by atoms with Crippen LogP contribution < -0.4 is 0 Å². The fraction of sp³-hybridized carbons (Fsp3) is 0.438. The van der Waals surface area contributed by atoms with Crippen LogP contribution in [0.25, 0.3) is 16.8 Å². The van der Waals surface area contributed by atoms with Crippen molar-refractivity contribution in [3.8, 4) is 0 Å². The van der Waals surface area contributed by atoms with Crippen molar-refractivity contribution in [1.29, 1.82) is 0 Å². The number of hydrogen-bond donors (Lipinski definition) is 2. The van der Waals surface area contributed by atoms with Gasteiger partial charge in [-0.25, -0.2) is 4.98 Å². The van der Waals surface area contributed by atoms with Crippen LogP contribution >= 0.6 is 0 Å². The van der Waals surface area contributed by atoms with Gasteiger partial charge in [0.05, 0.1) is 22.8 Å². The molecule has 0 radical (unpaired) electrons. The summed E-state index contributed by atoms with van der Waals surface area (Å²) in [5, 5.41) is 10.5. The number of nitrogens with one attached hydrogen (secondary N) is 1. The molecule has 2 aromatic heterocycles. The number of imidazole rings is 2. The summed E-state index contributed by atoms with van der Waals surface area (Å²) in [4.78, 5) is 8.02. The van der Waals surface area contributed by atoms with Crippen LogP contribution in [0.3, 0.4) is 0 Å². The third-order valence-electron chi connectivity index (χ3n) is 3.75. The average Bonchev–Trinajstić information content (AvgIpc) is 2.92. The quantitative estimate of drug-likeness (QED) is 0.749. The Balaban J connectivity index is 2.42. The van der Waals surface area contributed by atoms with E-state index in [4.69, 9.17) is 0 Å². The van der Waals surface area contributed by atoms with Crippen molar-refractivity contribution in [3.05, 3.63) is 35.7 Å². The number of rotatable bonds is 2. The van der Waals surface area contributed by atoms with Crippen LogP contribution in [0.15, 0.2) is 24.3 Å². The van der Waals surface area contributed by atoms with Crippen molar-refractivity contribution >= 4 is 16.8 Å². The molecule has 1 unspecified atom stereocenters. The fourth-order valence-corrected chi connectivity index (χ4v) is 2.72. The van der Waals surface area contributed by atoms with Crippen LogP contribution in [0.4, 0.5) is 0 Å². The molecule has 0 aliphatic rings. The minimum absolute atomic E-state index is 0.0622. The third kappa shape index (κ3) is 1.83. The molecule has 4 nitrogen and oxygen atoms in total. The van der Waals surface area contributed by atoms with Gasteiger partial charge in [0.25, 0.3) is 0 Å². The summed E-state index contributed by atoms with van der Waals surface area (Å²) in [5.74, 6) is 0.804. The highest BCUT2D eigenvalue weighted by Crippen LogP contribution is 2.33. The summed E-state index contributed by atoms with van der Waals surface area (Å²) in [7, 11) is 0. The summed E-state index contributed by atoms with van der Waals surface area (Å²) in [6.45, 7) is 8.43. The van der Waals surface area contributed by atoms with Crippen LogP contribution in [0.5, 0.6) is 0 Å². The van der Waals surface area contributed by atoms with Crippen molar-refractivity contribution < 1.29 is 5.11 Å². The maximum Gasteiger partial charge on any atom is 0.212 e. The molecule has 3 aromatic rings. The van der Waals surface area contributed by atoms with Crippen LogP contribution in [-0.4, -0.2) is 19.5 Å². The number of aliphatic hydroxyl groups is 1. The average molecular weight is 271 g/mol. The molecule has 0 fully saturated rings. The highest BCUT2D eigenvalue weighted by molar-refractivity contribution is 5.80. The maximum absolute atomic E-state index is 10.5. The van der Waals surface area contributed by atoms with Gasteiger partial charge in [0.1, 0.15) is 0 Å². The number of hydrogen-bond acceptors (Lipinski definition) is 2. The molecule has 2 N–H and O–H groups in total. The van der Waals surface area contributed by atoms with Crippen LogP contribution in [0, 0.1) is 0 Å². The van der Waals surface area contributed by atoms with Gasteiger partial charge in [-0.1, -0.05) is 39.8 Å². The van der Waals surface area contributed by atoms with E-state index in [1.54, 1.807) is 0 Å². The molecule has 106 valence electrons. The molecular formula is C16H21N3O. The molecule has 0 aliphatic carbocycles. The van der Waals surface area contributed by atoms with Crippen molar-refractivity contribution in [2.75, 3.05) is 0 Å². The van der Waals surface area contributed by atoms with Crippen molar-refractivity contribution in [1.82, 2.24) is 14.4 Å². The molecule has 0 saturated heterocycles. The lowest BCUT2D eigenvalue weighted by molar-refractivity contribution is 0.165. The lowest BCUT2D eigenvalue weighted by Gasteiger charge is -2.21. The van der Waals surface area contributed by atoms with Gasteiger partial charge >= 0.3 is 0 Å². The smallest absolute Gasteiger partial charge is 0.212 e. The Bertz CT molecular complexity index is 761. The van der Waals surface area contributed by atoms with Crippen molar-refractivity contribution in [2.24, 2.45) is 0 Å². The van der Waals surface area contributed by atoms with Crippen LogP contribution in [0.2, 0.25) is 0 Å². The van der Waals surface area contributed by atoms with Gasteiger partial charge < -0.3 is 10.1 Å². The third-order valence-corrected chi connectivity index (χ3v) is 3.75. The number of benzene rings is 1. The fourth-order valence-electron chi connectivity index (χ4n) is 2.72. The Morgan fingerprint density at radius 3 is 2.65 bits per heavy atom. The van der Waals surface area contributed by atoms with E-state index in [-0.39, 0.29) is 5.41 Å². The zero-order valence-corrected chi connectivity index (χ0v) is 12.4.